The molecule has 0 unspecified atom stereocenters. The second-order valence-corrected chi connectivity index (χ2v) is 3.79. The van der Waals surface area contributed by atoms with Gasteiger partial charge in [-0.15, -0.1) is 0 Å². The number of aromatic amines is 1. The van der Waals surface area contributed by atoms with Crippen molar-refractivity contribution in [3.05, 3.63) is 48.5 Å². The Labute approximate surface area is 108 Å². The number of nitrogens with one attached hydrogen (secondary N) is 1. The molecule has 0 aliphatic rings. The van der Waals surface area contributed by atoms with E-state index in [1.807, 2.05) is 18.2 Å². The van der Waals surface area contributed by atoms with Gasteiger partial charge in [0, 0.05) is 29.7 Å². The fourth-order valence-electron chi connectivity index (χ4n) is 1.62. The van der Waals surface area contributed by atoms with Crippen LogP contribution < -0.4 is 0 Å². The fraction of sp³-hybridized carbons (Fsp3) is 0. The van der Waals surface area contributed by atoms with E-state index in [0.29, 0.717) is 17.3 Å². The third-order valence-corrected chi connectivity index (χ3v) is 2.58. The summed E-state index contributed by atoms with van der Waals surface area (Å²) in [5.41, 5.74) is 2.04. The van der Waals surface area contributed by atoms with Crippen LogP contribution in [-0.2, 0) is 0 Å². The number of hydrogen-bond acceptors (Lipinski definition) is 5. The monoisotopic (exact) mass is 248 g/mol. The van der Waals surface area contributed by atoms with E-state index in [0.717, 1.165) is 11.1 Å². The number of hydrogen-bond donors (Lipinski definition) is 1. The normalized spacial score (nSPS) is 10.1. The van der Waals surface area contributed by atoms with E-state index in [1.165, 1.54) is 0 Å². The number of pyridine rings is 2. The Morgan fingerprint density at radius 1 is 1.05 bits per heavy atom. The van der Waals surface area contributed by atoms with Gasteiger partial charge in [-0.25, -0.2) is 9.97 Å². The molecule has 0 saturated heterocycles. The number of nitrogens with zero attached hydrogens (tertiary/aromatic N) is 5. The molecule has 6 heteroatoms. The van der Waals surface area contributed by atoms with Crippen molar-refractivity contribution < 1.29 is 0 Å². The SMILES string of the molecule is N#Cc1ccc(-c2n[nH]c(-c3ccncc3)n2)cn1. The first-order valence-corrected chi connectivity index (χ1v) is 5.56. The zero-order valence-corrected chi connectivity index (χ0v) is 9.78. The van der Waals surface area contributed by atoms with Crippen LogP contribution in [0.1, 0.15) is 5.69 Å². The van der Waals surface area contributed by atoms with Crippen molar-refractivity contribution in [2.75, 3.05) is 0 Å². The molecule has 0 aliphatic carbocycles. The first-order chi connectivity index (χ1) is 9.36. The Kier molecular flexibility index (Phi) is 2.71. The summed E-state index contributed by atoms with van der Waals surface area (Å²) in [6.07, 6.45) is 4.97. The Bertz CT molecular complexity index is 724. The molecule has 1 N–H and O–H groups in total. The van der Waals surface area contributed by atoms with Crippen molar-refractivity contribution in [3.63, 3.8) is 0 Å². The number of rotatable bonds is 2. The van der Waals surface area contributed by atoms with Gasteiger partial charge in [0.15, 0.2) is 11.6 Å². The van der Waals surface area contributed by atoms with Gasteiger partial charge in [-0.05, 0) is 24.3 Å². The molecule has 0 bridgehead atoms. The van der Waals surface area contributed by atoms with E-state index < -0.39 is 0 Å². The molecule has 6 nitrogen and oxygen atoms in total. The Morgan fingerprint density at radius 3 is 2.58 bits per heavy atom. The van der Waals surface area contributed by atoms with E-state index in [9.17, 15) is 0 Å². The maximum Gasteiger partial charge on any atom is 0.183 e. The lowest BCUT2D eigenvalue weighted by Gasteiger charge is -1.94. The Hall–Kier alpha value is -3.07. The van der Waals surface area contributed by atoms with Crippen LogP contribution in [0.15, 0.2) is 42.9 Å². The Morgan fingerprint density at radius 2 is 1.89 bits per heavy atom. The highest BCUT2D eigenvalue weighted by Crippen LogP contribution is 2.18. The summed E-state index contributed by atoms with van der Waals surface area (Å²) in [6.45, 7) is 0. The largest absolute Gasteiger partial charge is 0.265 e. The van der Waals surface area contributed by atoms with E-state index in [4.69, 9.17) is 5.26 Å². The van der Waals surface area contributed by atoms with Gasteiger partial charge >= 0.3 is 0 Å². The molecule has 3 aromatic heterocycles. The molecule has 0 aromatic carbocycles. The van der Waals surface area contributed by atoms with Gasteiger partial charge in [0.2, 0.25) is 0 Å². The lowest BCUT2D eigenvalue weighted by atomic mass is 10.2. The van der Waals surface area contributed by atoms with Gasteiger partial charge in [0.05, 0.1) is 0 Å². The van der Waals surface area contributed by atoms with Crippen LogP contribution in [-0.4, -0.2) is 25.1 Å². The minimum Gasteiger partial charge on any atom is -0.265 e. The molecular formula is C13H8N6. The standard InChI is InChI=1S/C13H8N6/c14-7-11-2-1-10(8-16-11)13-17-12(18-19-13)9-3-5-15-6-4-9/h1-6,8H,(H,17,18,19). The summed E-state index contributed by atoms with van der Waals surface area (Å²) in [7, 11) is 0. The van der Waals surface area contributed by atoms with Crippen molar-refractivity contribution in [2.45, 2.75) is 0 Å². The van der Waals surface area contributed by atoms with Gasteiger partial charge in [0.1, 0.15) is 11.8 Å². The van der Waals surface area contributed by atoms with Crippen molar-refractivity contribution in [2.24, 2.45) is 0 Å². The third kappa shape index (κ3) is 2.17. The number of nitriles is 1. The summed E-state index contributed by atoms with van der Waals surface area (Å²) >= 11 is 0. The van der Waals surface area contributed by atoms with Crippen LogP contribution in [0.5, 0.6) is 0 Å². The number of aromatic nitrogens is 5. The average molecular weight is 248 g/mol. The summed E-state index contributed by atoms with van der Waals surface area (Å²) in [6, 6.07) is 9.07. The first-order valence-electron chi connectivity index (χ1n) is 5.56. The summed E-state index contributed by atoms with van der Waals surface area (Å²) in [5.74, 6) is 1.21. The average Bonchev–Trinajstić information content (AvgIpc) is 2.98. The maximum atomic E-state index is 8.70. The van der Waals surface area contributed by atoms with Crippen LogP contribution >= 0.6 is 0 Å². The lowest BCUT2D eigenvalue weighted by molar-refractivity contribution is 1.09. The zero-order valence-electron chi connectivity index (χ0n) is 9.78. The highest BCUT2D eigenvalue weighted by Gasteiger charge is 2.07. The quantitative estimate of drug-likeness (QED) is 0.746. The molecule has 0 saturated carbocycles. The molecule has 3 aromatic rings. The predicted molar refractivity (Wildman–Crippen MR) is 67.6 cm³/mol. The highest BCUT2D eigenvalue weighted by atomic mass is 15.2. The second-order valence-electron chi connectivity index (χ2n) is 3.79. The van der Waals surface area contributed by atoms with Gasteiger partial charge in [-0.2, -0.15) is 10.4 Å². The molecular weight excluding hydrogens is 240 g/mol. The van der Waals surface area contributed by atoms with Crippen molar-refractivity contribution >= 4 is 0 Å². The molecule has 0 atom stereocenters. The molecule has 19 heavy (non-hydrogen) atoms. The predicted octanol–water partition coefficient (Wildman–Crippen LogP) is 1.80. The van der Waals surface area contributed by atoms with Crippen LogP contribution in [0.2, 0.25) is 0 Å². The van der Waals surface area contributed by atoms with Crippen molar-refractivity contribution in [3.8, 4) is 28.8 Å². The van der Waals surface area contributed by atoms with Crippen LogP contribution in [0.3, 0.4) is 0 Å². The molecule has 3 rings (SSSR count). The molecule has 0 aliphatic heterocycles. The van der Waals surface area contributed by atoms with Crippen LogP contribution in [0, 0.1) is 11.3 Å². The van der Waals surface area contributed by atoms with E-state index in [1.54, 1.807) is 30.7 Å². The van der Waals surface area contributed by atoms with E-state index >= 15 is 0 Å². The minimum absolute atomic E-state index is 0.369. The molecule has 0 fully saturated rings. The van der Waals surface area contributed by atoms with Crippen molar-refractivity contribution in [1.82, 2.24) is 25.1 Å². The smallest absolute Gasteiger partial charge is 0.183 e. The fourth-order valence-corrected chi connectivity index (χ4v) is 1.62. The van der Waals surface area contributed by atoms with Gasteiger partial charge in [-0.3, -0.25) is 10.1 Å². The van der Waals surface area contributed by atoms with E-state index in [-0.39, 0.29) is 0 Å². The topological polar surface area (TPSA) is 91.1 Å². The molecule has 0 amide bonds. The molecule has 90 valence electrons. The van der Waals surface area contributed by atoms with Crippen LogP contribution in [0.25, 0.3) is 22.8 Å². The van der Waals surface area contributed by atoms with Gasteiger partial charge < -0.3 is 0 Å². The maximum absolute atomic E-state index is 8.70. The van der Waals surface area contributed by atoms with Crippen molar-refractivity contribution in [1.29, 1.82) is 5.26 Å². The second kappa shape index (κ2) is 4.66. The molecule has 0 radical (unpaired) electrons. The third-order valence-electron chi connectivity index (χ3n) is 2.58. The van der Waals surface area contributed by atoms with Gasteiger partial charge in [-0.1, -0.05) is 0 Å². The first kappa shape index (κ1) is 11.0. The number of H-pyrrole nitrogens is 1. The zero-order chi connectivity index (χ0) is 13.1. The minimum atomic E-state index is 0.369. The summed E-state index contributed by atoms with van der Waals surface area (Å²) in [5, 5.41) is 15.7. The molecule has 0 spiro atoms. The lowest BCUT2D eigenvalue weighted by Crippen LogP contribution is -1.85. The summed E-state index contributed by atoms with van der Waals surface area (Å²) < 4.78 is 0. The highest BCUT2D eigenvalue weighted by molar-refractivity contribution is 5.60. The Balaban J connectivity index is 1.95. The molecule has 3 heterocycles. The van der Waals surface area contributed by atoms with E-state index in [2.05, 4.69) is 25.1 Å². The van der Waals surface area contributed by atoms with Gasteiger partial charge in [0.25, 0.3) is 0 Å². The summed E-state index contributed by atoms with van der Waals surface area (Å²) in [4.78, 5) is 12.3. The van der Waals surface area contributed by atoms with Crippen LogP contribution in [0.4, 0.5) is 0 Å².